The molecule has 4 rings (SSSR count). The molecule has 1 aliphatic heterocycles. The zero-order chi connectivity index (χ0) is 19.5. The summed E-state index contributed by atoms with van der Waals surface area (Å²) in [4.78, 5) is 23.0. The van der Waals surface area contributed by atoms with Gasteiger partial charge in [-0.15, -0.1) is 0 Å². The molecule has 1 aliphatic rings. The number of ether oxygens (including phenoxy) is 2. The van der Waals surface area contributed by atoms with E-state index < -0.39 is 0 Å². The van der Waals surface area contributed by atoms with E-state index in [1.807, 2.05) is 36.4 Å². The number of hydrogen-bond acceptors (Lipinski definition) is 6. The molecule has 0 aliphatic carbocycles. The van der Waals surface area contributed by atoms with Gasteiger partial charge in [0, 0.05) is 25.6 Å². The average molecular weight is 379 g/mol. The van der Waals surface area contributed by atoms with E-state index in [-0.39, 0.29) is 12.0 Å². The lowest BCUT2D eigenvalue weighted by Crippen LogP contribution is -2.32. The molecule has 0 bridgehead atoms. The molecule has 0 radical (unpaired) electrons. The number of amides is 1. The Labute approximate surface area is 162 Å². The van der Waals surface area contributed by atoms with Gasteiger partial charge in [-0.2, -0.15) is 10.1 Å². The molecule has 144 valence electrons. The minimum atomic E-state index is -0.132. The second kappa shape index (κ2) is 7.67. The number of likely N-dealkylation sites (tertiary alicyclic amines) is 1. The fourth-order valence-corrected chi connectivity index (χ4v) is 3.25. The summed E-state index contributed by atoms with van der Waals surface area (Å²) in [6, 6.07) is 11.6. The van der Waals surface area contributed by atoms with Crippen molar-refractivity contribution >= 4 is 5.91 Å². The van der Waals surface area contributed by atoms with Crippen LogP contribution < -0.4 is 9.47 Å². The highest BCUT2D eigenvalue weighted by molar-refractivity contribution is 5.94. The van der Waals surface area contributed by atoms with Gasteiger partial charge < -0.3 is 14.4 Å². The Bertz CT molecular complexity index is 973. The Morgan fingerprint density at radius 1 is 1.18 bits per heavy atom. The third-order valence-corrected chi connectivity index (χ3v) is 4.69. The van der Waals surface area contributed by atoms with Crippen molar-refractivity contribution in [2.24, 2.45) is 7.05 Å². The molecule has 8 heteroatoms. The van der Waals surface area contributed by atoms with Gasteiger partial charge in [0.1, 0.15) is 11.8 Å². The molecule has 1 saturated heterocycles. The monoisotopic (exact) mass is 379 g/mol. The SMILES string of the molecule is COc1cncc(OC2CCN(C(=O)c3cc(-c4ccccc4)nn3C)C2)n1. The van der Waals surface area contributed by atoms with Crippen LogP contribution in [0, 0.1) is 0 Å². The number of carbonyl (C=O) groups excluding carboxylic acids is 1. The third kappa shape index (κ3) is 3.66. The summed E-state index contributed by atoms with van der Waals surface area (Å²) in [5.74, 6) is 0.734. The smallest absolute Gasteiger partial charge is 0.272 e. The van der Waals surface area contributed by atoms with Crippen molar-refractivity contribution in [3.63, 3.8) is 0 Å². The quantitative estimate of drug-likeness (QED) is 0.676. The van der Waals surface area contributed by atoms with Gasteiger partial charge in [-0.25, -0.2) is 0 Å². The molecular formula is C20H21N5O3. The molecule has 0 spiro atoms. The van der Waals surface area contributed by atoms with E-state index >= 15 is 0 Å². The van der Waals surface area contributed by atoms with Gasteiger partial charge >= 0.3 is 0 Å². The van der Waals surface area contributed by atoms with Gasteiger partial charge in [0.2, 0.25) is 11.8 Å². The fourth-order valence-electron chi connectivity index (χ4n) is 3.25. The number of rotatable bonds is 5. The van der Waals surface area contributed by atoms with Crippen molar-refractivity contribution in [3.05, 3.63) is 54.5 Å². The second-order valence-corrected chi connectivity index (χ2v) is 6.58. The molecule has 3 aromatic rings. The zero-order valence-electron chi connectivity index (χ0n) is 15.8. The number of nitrogens with zero attached hydrogens (tertiary/aromatic N) is 5. The predicted octanol–water partition coefficient (Wildman–Crippen LogP) is 2.18. The summed E-state index contributed by atoms with van der Waals surface area (Å²) in [5, 5.41) is 4.48. The molecule has 0 saturated carbocycles. The lowest BCUT2D eigenvalue weighted by atomic mass is 10.1. The van der Waals surface area contributed by atoms with Gasteiger partial charge in [-0.3, -0.25) is 14.5 Å². The molecule has 28 heavy (non-hydrogen) atoms. The van der Waals surface area contributed by atoms with E-state index in [4.69, 9.17) is 9.47 Å². The molecule has 1 aromatic carbocycles. The van der Waals surface area contributed by atoms with Crippen molar-refractivity contribution in [3.8, 4) is 23.0 Å². The molecule has 1 unspecified atom stereocenters. The van der Waals surface area contributed by atoms with Crippen molar-refractivity contribution in [1.82, 2.24) is 24.6 Å². The van der Waals surface area contributed by atoms with Crippen LogP contribution in [-0.4, -0.2) is 56.9 Å². The first-order valence-electron chi connectivity index (χ1n) is 9.05. The van der Waals surface area contributed by atoms with E-state index in [2.05, 4.69) is 15.1 Å². The van der Waals surface area contributed by atoms with Gasteiger partial charge in [0.15, 0.2) is 0 Å². The highest BCUT2D eigenvalue weighted by Gasteiger charge is 2.30. The summed E-state index contributed by atoms with van der Waals surface area (Å²) >= 11 is 0. The number of benzene rings is 1. The Kier molecular flexibility index (Phi) is 4.92. The Morgan fingerprint density at radius 3 is 2.75 bits per heavy atom. The zero-order valence-corrected chi connectivity index (χ0v) is 15.8. The summed E-state index contributed by atoms with van der Waals surface area (Å²) in [7, 11) is 3.32. The first-order valence-corrected chi connectivity index (χ1v) is 9.05. The number of methoxy groups -OCH3 is 1. The number of aryl methyl sites for hydroxylation is 1. The van der Waals surface area contributed by atoms with Gasteiger partial charge in [-0.1, -0.05) is 30.3 Å². The first kappa shape index (κ1) is 18.0. The Balaban J connectivity index is 1.44. The van der Waals surface area contributed by atoms with Crippen LogP contribution in [0.5, 0.6) is 11.8 Å². The number of aromatic nitrogens is 4. The normalized spacial score (nSPS) is 16.2. The predicted molar refractivity (Wildman–Crippen MR) is 102 cm³/mol. The summed E-state index contributed by atoms with van der Waals surface area (Å²) in [6.07, 6.45) is 3.66. The molecule has 2 aromatic heterocycles. The van der Waals surface area contributed by atoms with E-state index in [1.165, 1.54) is 13.3 Å². The summed E-state index contributed by atoms with van der Waals surface area (Å²) in [5.41, 5.74) is 2.32. The summed E-state index contributed by atoms with van der Waals surface area (Å²) < 4.78 is 12.6. The molecular weight excluding hydrogens is 358 g/mol. The maximum Gasteiger partial charge on any atom is 0.272 e. The maximum absolute atomic E-state index is 13.0. The van der Waals surface area contributed by atoms with Crippen LogP contribution in [0.4, 0.5) is 0 Å². The van der Waals surface area contributed by atoms with Crippen molar-refractivity contribution < 1.29 is 14.3 Å². The van der Waals surface area contributed by atoms with Crippen LogP contribution in [0.2, 0.25) is 0 Å². The van der Waals surface area contributed by atoms with Crippen LogP contribution in [0.15, 0.2) is 48.8 Å². The molecule has 1 fully saturated rings. The molecule has 8 nitrogen and oxygen atoms in total. The second-order valence-electron chi connectivity index (χ2n) is 6.58. The highest BCUT2D eigenvalue weighted by atomic mass is 16.5. The largest absolute Gasteiger partial charge is 0.480 e. The lowest BCUT2D eigenvalue weighted by molar-refractivity contribution is 0.0760. The van der Waals surface area contributed by atoms with Crippen LogP contribution >= 0.6 is 0 Å². The van der Waals surface area contributed by atoms with Crippen LogP contribution in [0.1, 0.15) is 16.9 Å². The van der Waals surface area contributed by atoms with E-state index in [0.717, 1.165) is 17.7 Å². The average Bonchev–Trinajstić information content (AvgIpc) is 3.35. The van der Waals surface area contributed by atoms with Crippen LogP contribution in [0.25, 0.3) is 11.3 Å². The standard InChI is InChI=1S/C20H21N5O3/c1-24-17(10-16(23-24)14-6-4-3-5-7-14)20(26)25-9-8-15(13-25)28-19-12-21-11-18(22-19)27-2/h3-7,10-12,15H,8-9,13H2,1-2H3. The van der Waals surface area contributed by atoms with Crippen molar-refractivity contribution in [2.45, 2.75) is 12.5 Å². The first-order chi connectivity index (χ1) is 13.6. The third-order valence-electron chi connectivity index (χ3n) is 4.69. The minimum absolute atomic E-state index is 0.0555. The maximum atomic E-state index is 13.0. The molecule has 1 atom stereocenters. The Hall–Kier alpha value is -3.42. The molecule has 1 amide bonds. The van der Waals surface area contributed by atoms with E-state index in [1.54, 1.807) is 22.8 Å². The fraction of sp³-hybridized carbons (Fsp3) is 0.300. The van der Waals surface area contributed by atoms with Crippen LogP contribution in [-0.2, 0) is 7.05 Å². The lowest BCUT2D eigenvalue weighted by Gasteiger charge is -2.16. The van der Waals surface area contributed by atoms with Crippen molar-refractivity contribution in [1.29, 1.82) is 0 Å². The van der Waals surface area contributed by atoms with E-state index in [0.29, 0.717) is 30.5 Å². The van der Waals surface area contributed by atoms with Gasteiger partial charge in [0.25, 0.3) is 5.91 Å². The Morgan fingerprint density at radius 2 is 1.96 bits per heavy atom. The summed E-state index contributed by atoms with van der Waals surface area (Å²) in [6.45, 7) is 1.11. The van der Waals surface area contributed by atoms with Gasteiger partial charge in [0.05, 0.1) is 31.7 Å². The molecule has 0 N–H and O–H groups in total. The van der Waals surface area contributed by atoms with Crippen LogP contribution in [0.3, 0.4) is 0 Å². The number of carbonyl (C=O) groups is 1. The topological polar surface area (TPSA) is 82.4 Å². The molecule has 3 heterocycles. The highest BCUT2D eigenvalue weighted by Crippen LogP contribution is 2.22. The minimum Gasteiger partial charge on any atom is -0.480 e. The van der Waals surface area contributed by atoms with Gasteiger partial charge in [-0.05, 0) is 6.07 Å². The van der Waals surface area contributed by atoms with E-state index in [9.17, 15) is 4.79 Å². The van der Waals surface area contributed by atoms with Crippen molar-refractivity contribution in [2.75, 3.05) is 20.2 Å². The number of hydrogen-bond donors (Lipinski definition) is 0.